The second-order valence-electron chi connectivity index (χ2n) is 8.49. The van der Waals surface area contributed by atoms with Crippen LogP contribution in [0.1, 0.15) is 56.1 Å². The van der Waals surface area contributed by atoms with Crippen molar-refractivity contribution < 1.29 is 27.4 Å². The molecule has 0 saturated heterocycles. The zero-order chi connectivity index (χ0) is 19.4. The number of aryl methyl sites for hydroxylation is 1. The molecule has 3 aliphatic carbocycles. The van der Waals surface area contributed by atoms with Gasteiger partial charge in [-0.25, -0.2) is 4.79 Å². The summed E-state index contributed by atoms with van der Waals surface area (Å²) in [5.41, 5.74) is 2.34. The van der Waals surface area contributed by atoms with Crippen LogP contribution in [-0.4, -0.2) is 25.4 Å². The smallest absolute Gasteiger partial charge is 0.490 e. The number of hydrogen-bond donors (Lipinski definition) is 0. The van der Waals surface area contributed by atoms with Crippen LogP contribution in [0.2, 0.25) is 0 Å². The quantitative estimate of drug-likeness (QED) is 0.674. The number of benzene rings is 1. The molecule has 0 N–H and O–H groups in total. The molecule has 4 rings (SSSR count). The maximum Gasteiger partial charge on any atom is 0.490 e. The lowest BCUT2D eigenvalue weighted by Gasteiger charge is -2.50. The molecule has 27 heavy (non-hydrogen) atoms. The summed E-state index contributed by atoms with van der Waals surface area (Å²) in [6.45, 7) is 2.03. The highest BCUT2D eigenvalue weighted by Gasteiger charge is 2.57. The van der Waals surface area contributed by atoms with Crippen LogP contribution in [0.15, 0.2) is 18.2 Å². The van der Waals surface area contributed by atoms with E-state index in [1.165, 1.54) is 11.1 Å². The Morgan fingerprint density at radius 2 is 1.96 bits per heavy atom. The van der Waals surface area contributed by atoms with Crippen molar-refractivity contribution in [1.29, 1.82) is 0 Å². The number of alkyl halides is 3. The van der Waals surface area contributed by atoms with E-state index in [2.05, 4.69) is 12.1 Å². The second kappa shape index (κ2) is 6.42. The van der Waals surface area contributed by atoms with E-state index in [1.54, 1.807) is 7.11 Å². The molecular formula is C21H25F3O3. The second-order valence-corrected chi connectivity index (χ2v) is 8.49. The van der Waals surface area contributed by atoms with Gasteiger partial charge < -0.3 is 9.47 Å². The van der Waals surface area contributed by atoms with Crippen LogP contribution in [0.5, 0.6) is 5.75 Å². The molecule has 0 aromatic heterocycles. The van der Waals surface area contributed by atoms with E-state index in [0.717, 1.165) is 37.9 Å². The topological polar surface area (TPSA) is 35.5 Å². The average molecular weight is 382 g/mol. The first kappa shape index (κ1) is 18.6. The molecule has 3 aliphatic rings. The lowest BCUT2D eigenvalue weighted by Crippen LogP contribution is -2.46. The molecule has 0 radical (unpaired) electrons. The van der Waals surface area contributed by atoms with E-state index in [4.69, 9.17) is 9.47 Å². The van der Waals surface area contributed by atoms with Crippen LogP contribution in [0.4, 0.5) is 13.2 Å². The molecule has 0 heterocycles. The summed E-state index contributed by atoms with van der Waals surface area (Å²) in [5.74, 6) is 0.0111. The van der Waals surface area contributed by atoms with Gasteiger partial charge in [-0.3, -0.25) is 0 Å². The van der Waals surface area contributed by atoms with Crippen molar-refractivity contribution in [2.45, 2.75) is 63.6 Å². The summed E-state index contributed by atoms with van der Waals surface area (Å²) in [5, 5.41) is 0. The molecule has 3 nitrogen and oxygen atoms in total. The van der Waals surface area contributed by atoms with Gasteiger partial charge in [0.25, 0.3) is 0 Å². The summed E-state index contributed by atoms with van der Waals surface area (Å²) >= 11 is 0. The normalized spacial score (nSPS) is 35.0. The minimum atomic E-state index is -4.92. The third kappa shape index (κ3) is 3.01. The van der Waals surface area contributed by atoms with E-state index in [-0.39, 0.29) is 5.41 Å². The van der Waals surface area contributed by atoms with Crippen molar-refractivity contribution in [2.75, 3.05) is 7.11 Å². The molecule has 0 spiro atoms. The summed E-state index contributed by atoms with van der Waals surface area (Å²) in [6.07, 6.45) is -0.472. The number of hydrogen-bond acceptors (Lipinski definition) is 3. The van der Waals surface area contributed by atoms with Crippen molar-refractivity contribution in [1.82, 2.24) is 0 Å². The number of fused-ring (bicyclic) bond motifs is 5. The van der Waals surface area contributed by atoms with Gasteiger partial charge in [0.2, 0.25) is 0 Å². The average Bonchev–Trinajstić information content (AvgIpc) is 2.96. The Morgan fingerprint density at radius 1 is 1.19 bits per heavy atom. The van der Waals surface area contributed by atoms with Crippen LogP contribution < -0.4 is 4.74 Å². The van der Waals surface area contributed by atoms with Gasteiger partial charge in [-0.15, -0.1) is 0 Å². The molecule has 148 valence electrons. The van der Waals surface area contributed by atoms with Crippen molar-refractivity contribution in [3.8, 4) is 5.75 Å². The molecule has 1 unspecified atom stereocenters. The van der Waals surface area contributed by atoms with E-state index < -0.39 is 18.2 Å². The summed E-state index contributed by atoms with van der Waals surface area (Å²) < 4.78 is 48.3. The SMILES string of the molecule is COc1ccc2c(c1)CCC1[C@@H]2CC[C@]2(C)[C@@H](OC(=O)C(F)(F)F)CC[C@@H]12. The van der Waals surface area contributed by atoms with Crippen molar-refractivity contribution >= 4 is 5.97 Å². The Morgan fingerprint density at radius 3 is 2.67 bits per heavy atom. The number of carbonyl (C=O) groups excluding carboxylic acids is 1. The molecule has 0 bridgehead atoms. The number of halogens is 3. The Hall–Kier alpha value is -1.72. The molecule has 2 saturated carbocycles. The number of carbonyl (C=O) groups is 1. The Bertz CT molecular complexity index is 745. The standard InChI is InChI=1S/C21H25F3O3/c1-20-10-9-15-14-6-4-13(26-2)11-12(14)3-5-16(15)17(20)7-8-18(20)27-19(25)21(22,23)24/h4,6,11,15-18H,3,5,7-10H2,1-2H3/t15-,16?,17+,18+,20+/m1/s1. The van der Waals surface area contributed by atoms with Crippen LogP contribution >= 0.6 is 0 Å². The predicted molar refractivity (Wildman–Crippen MR) is 93.5 cm³/mol. The third-order valence-corrected chi connectivity index (χ3v) is 7.33. The molecule has 1 aromatic rings. The first-order chi connectivity index (χ1) is 12.7. The molecule has 5 atom stereocenters. The van der Waals surface area contributed by atoms with Crippen molar-refractivity contribution in [2.24, 2.45) is 17.3 Å². The first-order valence-electron chi connectivity index (χ1n) is 9.68. The zero-order valence-electron chi connectivity index (χ0n) is 15.6. The highest BCUT2D eigenvalue weighted by Crippen LogP contribution is 2.61. The number of ether oxygens (including phenoxy) is 2. The minimum absolute atomic E-state index is 0.303. The van der Waals surface area contributed by atoms with E-state index >= 15 is 0 Å². The maximum atomic E-state index is 12.7. The van der Waals surface area contributed by atoms with Gasteiger partial charge in [-0.05, 0) is 79.5 Å². The molecular weight excluding hydrogens is 357 g/mol. The van der Waals surface area contributed by atoms with Gasteiger partial charge in [0.1, 0.15) is 11.9 Å². The number of rotatable bonds is 2. The van der Waals surface area contributed by atoms with Gasteiger partial charge in [0, 0.05) is 5.41 Å². The molecule has 0 amide bonds. The highest BCUT2D eigenvalue weighted by atomic mass is 19.4. The lowest BCUT2D eigenvalue weighted by atomic mass is 9.55. The molecule has 0 aliphatic heterocycles. The number of methoxy groups -OCH3 is 1. The Kier molecular flexibility index (Phi) is 4.43. The highest BCUT2D eigenvalue weighted by molar-refractivity contribution is 5.75. The predicted octanol–water partition coefficient (Wildman–Crippen LogP) is 5.03. The largest absolute Gasteiger partial charge is 0.497 e. The molecule has 2 fully saturated rings. The van der Waals surface area contributed by atoms with Crippen LogP contribution in [-0.2, 0) is 16.0 Å². The van der Waals surface area contributed by atoms with Gasteiger partial charge >= 0.3 is 12.1 Å². The van der Waals surface area contributed by atoms with Crippen molar-refractivity contribution in [3.05, 3.63) is 29.3 Å². The monoisotopic (exact) mass is 382 g/mol. The van der Waals surface area contributed by atoms with E-state index in [9.17, 15) is 18.0 Å². The van der Waals surface area contributed by atoms with Gasteiger partial charge in [0.05, 0.1) is 7.11 Å². The fraction of sp³-hybridized carbons (Fsp3) is 0.667. The minimum Gasteiger partial charge on any atom is -0.497 e. The summed E-state index contributed by atoms with van der Waals surface area (Å²) in [7, 11) is 1.67. The van der Waals surface area contributed by atoms with E-state index in [1.807, 2.05) is 13.0 Å². The molecule has 6 heteroatoms. The fourth-order valence-electron chi connectivity index (χ4n) is 6.03. The third-order valence-electron chi connectivity index (χ3n) is 7.33. The van der Waals surface area contributed by atoms with Gasteiger partial charge in [-0.1, -0.05) is 13.0 Å². The zero-order valence-corrected chi connectivity index (χ0v) is 15.6. The van der Waals surface area contributed by atoms with Crippen molar-refractivity contribution in [3.63, 3.8) is 0 Å². The summed E-state index contributed by atoms with van der Waals surface area (Å²) in [4.78, 5) is 11.4. The van der Waals surface area contributed by atoms with Crippen LogP contribution in [0.25, 0.3) is 0 Å². The maximum absolute atomic E-state index is 12.7. The van der Waals surface area contributed by atoms with E-state index in [0.29, 0.717) is 24.2 Å². The van der Waals surface area contributed by atoms with Gasteiger partial charge in [-0.2, -0.15) is 13.2 Å². The van der Waals surface area contributed by atoms with Crippen LogP contribution in [0.3, 0.4) is 0 Å². The van der Waals surface area contributed by atoms with Crippen LogP contribution in [0, 0.1) is 17.3 Å². The summed E-state index contributed by atoms with van der Waals surface area (Å²) in [6, 6.07) is 6.27. The number of esters is 1. The fourth-order valence-corrected chi connectivity index (χ4v) is 6.03. The Labute approximate surface area is 157 Å². The Balaban J connectivity index is 1.56. The first-order valence-corrected chi connectivity index (χ1v) is 9.68. The molecule has 1 aromatic carbocycles. The van der Waals surface area contributed by atoms with Gasteiger partial charge in [0.15, 0.2) is 0 Å². The lowest BCUT2D eigenvalue weighted by molar-refractivity contribution is -0.211.